The van der Waals surface area contributed by atoms with Crippen LogP contribution in [0.25, 0.3) is 20.9 Å². The Morgan fingerprint density at radius 3 is 1.60 bits per heavy atom. The molecule has 3 aliphatic heterocycles. The molecule has 6 fully saturated rings. The first-order chi connectivity index (χ1) is 28.6. The zero-order valence-electron chi connectivity index (χ0n) is 34.9. The van der Waals surface area contributed by atoms with Crippen LogP contribution in [-0.2, 0) is 38.2 Å². The molecule has 0 amide bonds. The summed E-state index contributed by atoms with van der Waals surface area (Å²) in [6, 6.07) is -0.703. The van der Waals surface area contributed by atoms with Gasteiger partial charge in [0.05, 0.1) is 31.9 Å². The number of esters is 3. The minimum atomic E-state index is -5.08. The van der Waals surface area contributed by atoms with Gasteiger partial charge in [-0.05, 0) is 101 Å². The second kappa shape index (κ2) is 27.6. The Labute approximate surface area is 348 Å². The maximum atomic E-state index is 11.9. The topological polar surface area (TPSA) is 275 Å². The van der Waals surface area contributed by atoms with Gasteiger partial charge < -0.3 is 35.2 Å². The van der Waals surface area contributed by atoms with Crippen LogP contribution in [0.4, 0.5) is 13.2 Å². The lowest BCUT2D eigenvalue weighted by Crippen LogP contribution is -2.41. The van der Waals surface area contributed by atoms with Crippen molar-refractivity contribution in [2.75, 3.05) is 52.5 Å². The number of carbonyl (C=O) groups is 5. The molecule has 0 spiro atoms. The number of aliphatic carboxylic acids is 1. The highest BCUT2D eigenvalue weighted by molar-refractivity contribution is 5.77. The maximum absolute atomic E-state index is 11.9. The highest BCUT2D eigenvalue weighted by atomic mass is 19.4. The molecule has 3 heterocycles. The highest BCUT2D eigenvalue weighted by Gasteiger charge is 2.40. The van der Waals surface area contributed by atoms with Crippen LogP contribution < -0.4 is 11.1 Å². The third kappa shape index (κ3) is 18.6. The molecule has 19 nitrogen and oxygen atoms in total. The summed E-state index contributed by atoms with van der Waals surface area (Å²) in [4.78, 5) is 63.4. The lowest BCUT2D eigenvalue weighted by atomic mass is 9.85. The Hall–Kier alpha value is -4.20. The van der Waals surface area contributed by atoms with Crippen LogP contribution in [0.2, 0.25) is 0 Å². The molecule has 0 radical (unpaired) electrons. The summed E-state index contributed by atoms with van der Waals surface area (Å²) in [5.41, 5.74) is 22.6. The van der Waals surface area contributed by atoms with Gasteiger partial charge in [-0.25, -0.2) is 4.79 Å². The Bertz CT molecular complexity index is 1460. The Morgan fingerprint density at radius 1 is 0.767 bits per heavy atom. The number of azide groups is 2. The van der Waals surface area contributed by atoms with Crippen molar-refractivity contribution < 1.29 is 56.5 Å². The number of likely N-dealkylation sites (tertiary alicyclic amines) is 2. The second-order valence-electron chi connectivity index (χ2n) is 15.6. The number of hydrogen-bond acceptors (Lipinski definition) is 14. The molecule has 0 aromatic rings. The number of nitrogens with two attached hydrogens (primary N) is 1. The molecule has 22 heteroatoms. The summed E-state index contributed by atoms with van der Waals surface area (Å²) in [5, 5.41) is 17.3. The van der Waals surface area contributed by atoms with E-state index in [1.54, 1.807) is 6.92 Å². The zero-order valence-corrected chi connectivity index (χ0v) is 34.9. The molecule has 3 saturated carbocycles. The van der Waals surface area contributed by atoms with Gasteiger partial charge in [-0.2, -0.15) is 13.2 Å². The van der Waals surface area contributed by atoms with Crippen molar-refractivity contribution in [3.05, 3.63) is 20.9 Å². The molecule has 3 saturated heterocycles. The average Bonchev–Trinajstić information content (AvgIpc) is 3.88. The van der Waals surface area contributed by atoms with Crippen LogP contribution in [-0.4, -0.2) is 140 Å². The fraction of sp³-hybridized carbons (Fsp3) is 0.868. The molecule has 6 atom stereocenters. The van der Waals surface area contributed by atoms with Gasteiger partial charge in [-0.3, -0.25) is 24.2 Å². The predicted molar refractivity (Wildman–Crippen MR) is 212 cm³/mol. The summed E-state index contributed by atoms with van der Waals surface area (Å²) in [6.07, 6.45) is 9.15. The van der Waals surface area contributed by atoms with Crippen molar-refractivity contribution in [3.63, 3.8) is 0 Å². The summed E-state index contributed by atoms with van der Waals surface area (Å²) in [5.74, 6) is -1.37. The van der Waals surface area contributed by atoms with E-state index in [1.165, 1.54) is 44.9 Å². The van der Waals surface area contributed by atoms with Gasteiger partial charge in [0.15, 0.2) is 0 Å². The number of hydrogen-bond donors (Lipinski definition) is 3. The smallest absolute Gasteiger partial charge is 0.475 e. The summed E-state index contributed by atoms with van der Waals surface area (Å²) in [6.45, 7) is 10.7. The quantitative estimate of drug-likeness (QED) is 0.0546. The molecule has 0 aromatic carbocycles. The third-order valence-electron chi connectivity index (χ3n) is 11.1. The summed E-state index contributed by atoms with van der Waals surface area (Å²) >= 11 is 0. The standard InChI is InChI=1S/C12H20N4O2.C12H22N2O2.C7H12N4O2.C5H8O.C2HF3O2/c1-2-18-12(17)11-6-10(14-15-13)8-16(11)7-9-4-3-5-9;1-2-16-12(15)11-6-10(13)8-14(11)7-9-4-3-5-9;1-2-13-7(12)6-3-5(4-9-6)10-11-8;6-4-5-2-1-3-5;3-2(4,5)1(6)7/h9-11H,2-8H2,1H3;9-11H,2-8,13H2,1H3;5-6,9H,2-4H2,1H3;4-5H,1-3H2;(H,6,7)/t2*10-,11-;5-,6-;;/m000../s1. The van der Waals surface area contributed by atoms with Crippen LogP contribution in [0, 0.1) is 17.8 Å². The number of nitrogens with one attached hydrogen (secondary N) is 1. The molecule has 3 aliphatic carbocycles. The third-order valence-corrected chi connectivity index (χ3v) is 11.1. The lowest BCUT2D eigenvalue weighted by molar-refractivity contribution is -0.192. The Kier molecular flexibility index (Phi) is 23.9. The van der Waals surface area contributed by atoms with Gasteiger partial charge in [0.1, 0.15) is 24.4 Å². The second-order valence-corrected chi connectivity index (χ2v) is 15.6. The lowest BCUT2D eigenvalue weighted by Gasteiger charge is -2.32. The first-order valence-corrected chi connectivity index (χ1v) is 20.9. The van der Waals surface area contributed by atoms with E-state index in [9.17, 15) is 32.3 Å². The minimum absolute atomic E-state index is 0.0875. The number of carboxylic acids is 1. The fourth-order valence-electron chi connectivity index (χ4n) is 7.24. The van der Waals surface area contributed by atoms with Gasteiger partial charge in [-0.1, -0.05) is 29.5 Å². The fourth-order valence-corrected chi connectivity index (χ4v) is 7.24. The summed E-state index contributed by atoms with van der Waals surface area (Å²) in [7, 11) is 0. The monoisotopic (exact) mass is 860 g/mol. The van der Waals surface area contributed by atoms with Crippen LogP contribution in [0.15, 0.2) is 10.2 Å². The van der Waals surface area contributed by atoms with E-state index in [4.69, 9.17) is 40.9 Å². The first-order valence-electron chi connectivity index (χ1n) is 20.9. The molecule has 0 bridgehead atoms. The molecule has 4 N–H and O–H groups in total. The van der Waals surface area contributed by atoms with Crippen molar-refractivity contribution in [1.82, 2.24) is 15.1 Å². The largest absolute Gasteiger partial charge is 0.490 e. The Balaban J connectivity index is 0.000000272. The van der Waals surface area contributed by atoms with E-state index in [-0.39, 0.29) is 54.2 Å². The van der Waals surface area contributed by atoms with Gasteiger partial charge in [-0.15, -0.1) is 0 Å². The van der Waals surface area contributed by atoms with Crippen molar-refractivity contribution >= 4 is 30.2 Å². The van der Waals surface area contributed by atoms with Gasteiger partial charge in [0, 0.05) is 54.5 Å². The van der Waals surface area contributed by atoms with Crippen LogP contribution >= 0.6 is 0 Å². The van der Waals surface area contributed by atoms with E-state index < -0.39 is 12.1 Å². The normalized spacial score (nSPS) is 26.2. The van der Waals surface area contributed by atoms with Crippen molar-refractivity contribution in [2.24, 2.45) is 33.7 Å². The molecule has 0 aromatic heterocycles. The van der Waals surface area contributed by atoms with Crippen LogP contribution in [0.5, 0.6) is 0 Å². The average molecular weight is 861 g/mol. The number of nitrogens with zero attached hydrogens (tertiary/aromatic N) is 8. The number of alkyl halides is 3. The van der Waals surface area contributed by atoms with E-state index in [0.717, 1.165) is 51.1 Å². The predicted octanol–water partition coefficient (Wildman–Crippen LogP) is 5.06. The summed E-state index contributed by atoms with van der Waals surface area (Å²) < 4.78 is 46.8. The maximum Gasteiger partial charge on any atom is 0.490 e. The highest BCUT2D eigenvalue weighted by Crippen LogP contribution is 2.32. The van der Waals surface area contributed by atoms with Gasteiger partial charge >= 0.3 is 30.1 Å². The minimum Gasteiger partial charge on any atom is -0.475 e. The number of rotatable bonds is 13. The first kappa shape index (κ1) is 51.9. The van der Waals surface area contributed by atoms with Crippen molar-refractivity contribution in [2.45, 2.75) is 140 Å². The van der Waals surface area contributed by atoms with Gasteiger partial charge in [0.25, 0.3) is 0 Å². The van der Waals surface area contributed by atoms with Crippen LogP contribution in [0.1, 0.15) is 97.8 Å². The number of carbonyl (C=O) groups excluding carboxylic acids is 4. The van der Waals surface area contributed by atoms with E-state index in [0.29, 0.717) is 57.6 Å². The Morgan fingerprint density at radius 2 is 1.22 bits per heavy atom. The molecule has 6 aliphatic rings. The molecular weight excluding hydrogens is 797 g/mol. The van der Waals surface area contributed by atoms with Gasteiger partial charge in [0.2, 0.25) is 0 Å². The number of aldehydes is 1. The van der Waals surface area contributed by atoms with E-state index in [2.05, 4.69) is 35.2 Å². The van der Waals surface area contributed by atoms with Crippen molar-refractivity contribution in [3.8, 4) is 0 Å². The zero-order chi connectivity index (χ0) is 44.7. The molecule has 0 unspecified atom stereocenters. The number of halogens is 3. The number of ether oxygens (including phenoxy) is 3. The number of carboxylic acid groups (broad SMARTS) is 1. The van der Waals surface area contributed by atoms with E-state index >= 15 is 0 Å². The van der Waals surface area contributed by atoms with E-state index in [1.807, 2.05) is 13.8 Å². The molecule has 6 rings (SSSR count). The van der Waals surface area contributed by atoms with Crippen LogP contribution in [0.3, 0.4) is 0 Å². The van der Waals surface area contributed by atoms with Crippen molar-refractivity contribution in [1.29, 1.82) is 0 Å². The SMILES string of the molecule is CCOC(=O)[C@@H]1C[C@H](N)CN1CC1CCC1.CCOC(=O)[C@@H]1C[C@H](N=[N+]=[N-])CN1.CCOC(=O)[C@@H]1C[C@H](N=[N+]=[N-])CN1CC1CCC1.O=C(O)C(F)(F)F.O=CC1CCC1. The molecule has 60 heavy (non-hydrogen) atoms. The molecular formula is C38H63F3N10O9. The molecule has 340 valence electrons.